The smallest absolute Gasteiger partial charge is 0.335 e. The normalized spacial score (nSPS) is 9.46. The largest absolute Gasteiger partial charge is 0.478 e. The van der Waals surface area contributed by atoms with Crippen LogP contribution in [-0.2, 0) is 0 Å². The van der Waals surface area contributed by atoms with Crippen molar-refractivity contribution in [3.8, 4) is 0 Å². The standard InChI is InChI=1S/C10H12O2.Ca/c1-7(2)8-3-5-9(6-4-8)10(11)12;/h3-7H,1-2H3,(H,11,12);. The Balaban J connectivity index is 0.00000144. The summed E-state index contributed by atoms with van der Waals surface area (Å²) in [4.78, 5) is 10.5. The Bertz CT molecular complexity index is 277. The predicted molar refractivity (Wildman–Crippen MR) is 53.2 cm³/mol. The van der Waals surface area contributed by atoms with Crippen molar-refractivity contribution in [1.29, 1.82) is 0 Å². The molecule has 1 aromatic rings. The molecule has 0 aliphatic rings. The third-order valence-corrected chi connectivity index (χ3v) is 1.82. The molecule has 1 rings (SSSR count). The molecular weight excluding hydrogens is 192 g/mol. The SMILES string of the molecule is CC(C)c1ccc(C(=O)O)cc1.[Ca]. The van der Waals surface area contributed by atoms with Crippen molar-refractivity contribution in [2.45, 2.75) is 19.8 Å². The molecule has 1 N–H and O–H groups in total. The van der Waals surface area contributed by atoms with Crippen LogP contribution in [0, 0.1) is 0 Å². The third kappa shape index (κ3) is 3.67. The second kappa shape index (κ2) is 5.63. The van der Waals surface area contributed by atoms with Crippen molar-refractivity contribution >= 4 is 43.7 Å². The first-order valence-corrected chi connectivity index (χ1v) is 3.94. The molecule has 0 fully saturated rings. The summed E-state index contributed by atoms with van der Waals surface area (Å²) in [6.07, 6.45) is 0. The molecule has 0 saturated carbocycles. The van der Waals surface area contributed by atoms with Crippen molar-refractivity contribution in [3.63, 3.8) is 0 Å². The van der Waals surface area contributed by atoms with Crippen LogP contribution >= 0.6 is 0 Å². The maximum atomic E-state index is 10.5. The van der Waals surface area contributed by atoms with Gasteiger partial charge in [0.2, 0.25) is 0 Å². The van der Waals surface area contributed by atoms with Gasteiger partial charge in [0.15, 0.2) is 0 Å². The van der Waals surface area contributed by atoms with Gasteiger partial charge < -0.3 is 5.11 Å². The van der Waals surface area contributed by atoms with Crippen LogP contribution in [0.3, 0.4) is 0 Å². The number of benzene rings is 1. The summed E-state index contributed by atoms with van der Waals surface area (Å²) in [5.74, 6) is -0.418. The van der Waals surface area contributed by atoms with Gasteiger partial charge in [-0.2, -0.15) is 0 Å². The molecule has 0 aliphatic heterocycles. The van der Waals surface area contributed by atoms with Crippen molar-refractivity contribution in [2.24, 2.45) is 0 Å². The Morgan fingerprint density at radius 2 is 1.69 bits per heavy atom. The third-order valence-electron chi connectivity index (χ3n) is 1.82. The minimum atomic E-state index is -0.870. The predicted octanol–water partition coefficient (Wildman–Crippen LogP) is 2.13. The van der Waals surface area contributed by atoms with E-state index in [1.165, 1.54) is 5.56 Å². The fourth-order valence-electron chi connectivity index (χ4n) is 1.01. The van der Waals surface area contributed by atoms with E-state index in [1.54, 1.807) is 12.1 Å². The summed E-state index contributed by atoms with van der Waals surface area (Å²) in [5.41, 5.74) is 1.51. The number of hydrogen-bond donors (Lipinski definition) is 1. The van der Waals surface area contributed by atoms with E-state index in [-0.39, 0.29) is 37.7 Å². The number of hydrogen-bond acceptors (Lipinski definition) is 1. The quantitative estimate of drug-likeness (QED) is 0.749. The first kappa shape index (κ1) is 12.9. The van der Waals surface area contributed by atoms with Crippen LogP contribution in [0.4, 0.5) is 0 Å². The Morgan fingerprint density at radius 3 is 2.00 bits per heavy atom. The van der Waals surface area contributed by atoms with Crippen LogP contribution in [0.25, 0.3) is 0 Å². The van der Waals surface area contributed by atoms with E-state index >= 15 is 0 Å². The molecule has 2 radical (unpaired) electrons. The summed E-state index contributed by atoms with van der Waals surface area (Å²) in [6.45, 7) is 4.16. The van der Waals surface area contributed by atoms with Gasteiger partial charge in [0.05, 0.1) is 5.56 Å². The van der Waals surface area contributed by atoms with E-state index in [9.17, 15) is 4.79 Å². The maximum absolute atomic E-state index is 10.5. The fraction of sp³-hybridized carbons (Fsp3) is 0.300. The summed E-state index contributed by atoms with van der Waals surface area (Å²) >= 11 is 0. The van der Waals surface area contributed by atoms with Gasteiger partial charge in [-0.05, 0) is 23.6 Å². The molecule has 13 heavy (non-hydrogen) atoms. The van der Waals surface area contributed by atoms with Crippen molar-refractivity contribution in [3.05, 3.63) is 35.4 Å². The van der Waals surface area contributed by atoms with Gasteiger partial charge in [-0.25, -0.2) is 4.79 Å². The monoisotopic (exact) mass is 204 g/mol. The first-order valence-electron chi connectivity index (χ1n) is 3.94. The van der Waals surface area contributed by atoms with E-state index in [2.05, 4.69) is 13.8 Å². The van der Waals surface area contributed by atoms with Gasteiger partial charge in [0.1, 0.15) is 0 Å². The second-order valence-electron chi connectivity index (χ2n) is 3.08. The molecule has 0 saturated heterocycles. The molecule has 0 amide bonds. The molecule has 1 aromatic carbocycles. The van der Waals surface area contributed by atoms with Crippen LogP contribution in [0.1, 0.15) is 35.7 Å². The minimum Gasteiger partial charge on any atom is -0.478 e. The van der Waals surface area contributed by atoms with Crippen LogP contribution < -0.4 is 0 Å². The molecule has 0 bridgehead atoms. The molecule has 0 atom stereocenters. The summed E-state index contributed by atoms with van der Waals surface area (Å²) < 4.78 is 0. The van der Waals surface area contributed by atoms with Crippen molar-refractivity contribution in [1.82, 2.24) is 0 Å². The van der Waals surface area contributed by atoms with E-state index in [0.717, 1.165) is 0 Å². The minimum absolute atomic E-state index is 0. The molecular formula is C10H12CaO2. The average molecular weight is 204 g/mol. The van der Waals surface area contributed by atoms with Gasteiger partial charge in [-0.3, -0.25) is 0 Å². The van der Waals surface area contributed by atoms with Gasteiger partial charge in [0.25, 0.3) is 0 Å². The van der Waals surface area contributed by atoms with E-state index in [4.69, 9.17) is 5.11 Å². The van der Waals surface area contributed by atoms with Crippen LogP contribution in [0.5, 0.6) is 0 Å². The fourth-order valence-corrected chi connectivity index (χ4v) is 1.01. The molecule has 0 heterocycles. The summed E-state index contributed by atoms with van der Waals surface area (Å²) in [6, 6.07) is 6.98. The maximum Gasteiger partial charge on any atom is 0.335 e. The Kier molecular flexibility index (Phi) is 5.61. The zero-order valence-corrected chi connectivity index (χ0v) is 10.2. The van der Waals surface area contributed by atoms with Crippen LogP contribution in [-0.4, -0.2) is 48.8 Å². The number of rotatable bonds is 2. The number of carbonyl (C=O) groups is 1. The Morgan fingerprint density at radius 1 is 1.23 bits per heavy atom. The topological polar surface area (TPSA) is 37.3 Å². The summed E-state index contributed by atoms with van der Waals surface area (Å²) in [7, 11) is 0. The molecule has 0 aromatic heterocycles. The van der Waals surface area contributed by atoms with E-state index in [1.807, 2.05) is 12.1 Å². The Hall–Kier alpha value is -0.0503. The Labute approximate surface area is 108 Å². The number of aromatic carboxylic acids is 1. The van der Waals surface area contributed by atoms with Crippen molar-refractivity contribution < 1.29 is 9.90 Å². The zero-order valence-electron chi connectivity index (χ0n) is 7.95. The van der Waals surface area contributed by atoms with Gasteiger partial charge >= 0.3 is 5.97 Å². The van der Waals surface area contributed by atoms with Gasteiger partial charge in [-0.15, -0.1) is 0 Å². The molecule has 2 nitrogen and oxygen atoms in total. The second-order valence-corrected chi connectivity index (χ2v) is 3.08. The molecule has 0 aliphatic carbocycles. The molecule has 3 heteroatoms. The average Bonchev–Trinajstić information content (AvgIpc) is 2.04. The molecule has 66 valence electrons. The van der Waals surface area contributed by atoms with Crippen LogP contribution in [0.15, 0.2) is 24.3 Å². The van der Waals surface area contributed by atoms with Crippen molar-refractivity contribution in [2.75, 3.05) is 0 Å². The van der Waals surface area contributed by atoms with Crippen LogP contribution in [0.2, 0.25) is 0 Å². The zero-order chi connectivity index (χ0) is 9.14. The molecule has 0 unspecified atom stereocenters. The van der Waals surface area contributed by atoms with E-state index < -0.39 is 5.97 Å². The van der Waals surface area contributed by atoms with Gasteiger partial charge in [0, 0.05) is 37.7 Å². The first-order chi connectivity index (χ1) is 5.61. The summed E-state index contributed by atoms with van der Waals surface area (Å²) in [5, 5.41) is 8.61. The van der Waals surface area contributed by atoms with E-state index in [0.29, 0.717) is 11.5 Å². The molecule has 0 spiro atoms. The number of carboxylic acid groups (broad SMARTS) is 1. The number of carboxylic acids is 1. The van der Waals surface area contributed by atoms with Gasteiger partial charge in [-0.1, -0.05) is 26.0 Å².